The predicted octanol–water partition coefficient (Wildman–Crippen LogP) is 3.69. The van der Waals surface area contributed by atoms with Gasteiger partial charge in [0.25, 0.3) is 0 Å². The fraction of sp³-hybridized carbons (Fsp3) is 0.231. The van der Waals surface area contributed by atoms with Crippen LogP contribution in [-0.2, 0) is 16.0 Å². The van der Waals surface area contributed by atoms with Gasteiger partial charge in [-0.15, -0.1) is 0 Å². The first-order valence-corrected chi connectivity index (χ1v) is 10.5. The maximum atomic E-state index is 12.9. The molecule has 0 bridgehead atoms. The van der Waals surface area contributed by atoms with E-state index >= 15 is 0 Å². The normalized spacial score (nSPS) is 10.5. The molecule has 0 saturated carbocycles. The molecular weight excluding hydrogens is 388 g/mol. The third-order valence-electron chi connectivity index (χ3n) is 4.87. The molecule has 0 aliphatic rings. The number of amides is 2. The average molecular weight is 417 g/mol. The molecule has 2 N–H and O–H groups in total. The Balaban J connectivity index is 1.49. The number of rotatable bonds is 10. The summed E-state index contributed by atoms with van der Waals surface area (Å²) >= 11 is 0. The van der Waals surface area contributed by atoms with Gasteiger partial charge in [0.15, 0.2) is 0 Å². The highest BCUT2D eigenvalue weighted by atomic mass is 16.5. The Morgan fingerprint density at radius 1 is 0.774 bits per heavy atom. The van der Waals surface area contributed by atoms with E-state index in [1.54, 1.807) is 0 Å². The Labute approximate surface area is 183 Å². The third kappa shape index (κ3) is 6.71. The van der Waals surface area contributed by atoms with Crippen molar-refractivity contribution in [3.8, 4) is 5.75 Å². The molecule has 160 valence electrons. The van der Waals surface area contributed by atoms with Crippen LogP contribution in [0.2, 0.25) is 0 Å². The molecule has 0 aromatic heterocycles. The minimum Gasteiger partial charge on any atom is -0.494 e. The number of hydrogen-bond acceptors (Lipinski definition) is 3. The average Bonchev–Trinajstić information content (AvgIpc) is 2.80. The number of ether oxygens (including phenoxy) is 1. The molecule has 0 atom stereocenters. The summed E-state index contributed by atoms with van der Waals surface area (Å²) < 4.78 is 5.41. The van der Waals surface area contributed by atoms with Crippen molar-refractivity contribution < 1.29 is 14.3 Å². The second-order valence-electron chi connectivity index (χ2n) is 7.15. The summed E-state index contributed by atoms with van der Waals surface area (Å²) in [5.74, 6) is 0.238. The quantitative estimate of drug-likeness (QED) is 0.496. The highest BCUT2D eigenvalue weighted by molar-refractivity contribution is 5.87. The summed E-state index contributed by atoms with van der Waals surface area (Å²) in [6.07, 6.45) is 0.289. The van der Waals surface area contributed by atoms with Crippen LogP contribution in [0.4, 0.5) is 0 Å². The lowest BCUT2D eigenvalue weighted by Gasteiger charge is -2.18. The Morgan fingerprint density at radius 3 is 1.87 bits per heavy atom. The van der Waals surface area contributed by atoms with E-state index in [2.05, 4.69) is 10.6 Å². The van der Waals surface area contributed by atoms with Gasteiger partial charge < -0.3 is 15.4 Å². The van der Waals surface area contributed by atoms with E-state index < -0.39 is 0 Å². The monoisotopic (exact) mass is 416 g/mol. The molecule has 3 aromatic rings. The van der Waals surface area contributed by atoms with Crippen molar-refractivity contribution in [1.82, 2.24) is 10.6 Å². The molecule has 0 radical (unpaired) electrons. The van der Waals surface area contributed by atoms with E-state index in [9.17, 15) is 9.59 Å². The molecule has 3 rings (SSSR count). The molecule has 0 aliphatic heterocycles. The van der Waals surface area contributed by atoms with Gasteiger partial charge >= 0.3 is 0 Å². The summed E-state index contributed by atoms with van der Waals surface area (Å²) in [7, 11) is 0. The summed E-state index contributed by atoms with van der Waals surface area (Å²) in [5.41, 5.74) is 2.79. The number of benzene rings is 3. The van der Waals surface area contributed by atoms with Gasteiger partial charge in [-0.2, -0.15) is 0 Å². The zero-order valence-electron chi connectivity index (χ0n) is 17.7. The van der Waals surface area contributed by atoms with Crippen LogP contribution in [0.1, 0.15) is 29.5 Å². The summed E-state index contributed by atoms with van der Waals surface area (Å²) in [6, 6.07) is 26.9. The Kier molecular flexibility index (Phi) is 8.23. The van der Waals surface area contributed by atoms with E-state index in [0.29, 0.717) is 19.7 Å². The largest absolute Gasteiger partial charge is 0.494 e. The van der Waals surface area contributed by atoms with Crippen molar-refractivity contribution in [2.45, 2.75) is 19.3 Å². The first-order valence-electron chi connectivity index (χ1n) is 10.5. The molecule has 5 nitrogen and oxygen atoms in total. The second kappa shape index (κ2) is 11.6. The van der Waals surface area contributed by atoms with Crippen LogP contribution in [0, 0.1) is 0 Å². The summed E-state index contributed by atoms with van der Waals surface area (Å²) in [4.78, 5) is 25.1. The van der Waals surface area contributed by atoms with Gasteiger partial charge in [0.1, 0.15) is 5.75 Å². The molecule has 0 aliphatic carbocycles. The van der Waals surface area contributed by atoms with Gasteiger partial charge in [-0.3, -0.25) is 9.59 Å². The van der Waals surface area contributed by atoms with Crippen molar-refractivity contribution in [3.63, 3.8) is 0 Å². The lowest BCUT2D eigenvalue weighted by molar-refractivity contribution is -0.123. The number of carbonyl (C=O) groups is 2. The van der Waals surface area contributed by atoms with Crippen molar-refractivity contribution in [2.24, 2.45) is 0 Å². The van der Waals surface area contributed by atoms with Crippen LogP contribution < -0.4 is 15.4 Å². The zero-order valence-corrected chi connectivity index (χ0v) is 17.7. The molecule has 5 heteroatoms. The van der Waals surface area contributed by atoms with E-state index in [-0.39, 0.29) is 24.2 Å². The Morgan fingerprint density at radius 2 is 1.32 bits per heavy atom. The summed E-state index contributed by atoms with van der Waals surface area (Å²) in [5, 5.41) is 5.81. The molecule has 0 heterocycles. The maximum absolute atomic E-state index is 12.9. The smallest absolute Gasteiger partial charge is 0.232 e. The molecule has 0 spiro atoms. The Bertz CT molecular complexity index is 917. The van der Waals surface area contributed by atoms with Crippen molar-refractivity contribution in [2.75, 3.05) is 19.7 Å². The van der Waals surface area contributed by atoms with Crippen molar-refractivity contribution in [3.05, 3.63) is 102 Å². The second-order valence-corrected chi connectivity index (χ2v) is 7.15. The van der Waals surface area contributed by atoms with Gasteiger partial charge in [0.05, 0.1) is 18.9 Å². The number of carbonyl (C=O) groups excluding carboxylic acids is 2. The molecule has 31 heavy (non-hydrogen) atoms. The minimum absolute atomic E-state index is 0.0823. The molecule has 0 unspecified atom stereocenters. The highest BCUT2D eigenvalue weighted by Crippen LogP contribution is 2.24. The number of nitrogens with one attached hydrogen (secondary N) is 2. The van der Waals surface area contributed by atoms with E-state index in [4.69, 9.17) is 4.74 Å². The highest BCUT2D eigenvalue weighted by Gasteiger charge is 2.22. The standard InChI is InChI=1S/C26H28N2O3/c1-2-31-23-15-13-20(14-16-23)19-24(29)27-17-18-28-26(30)25(21-9-5-3-6-10-21)22-11-7-4-8-12-22/h3-16,25H,2,17-19H2,1H3,(H,27,29)(H,28,30). The fourth-order valence-electron chi connectivity index (χ4n) is 3.39. The Hall–Kier alpha value is -3.60. The van der Waals surface area contributed by atoms with Crippen LogP contribution in [0.5, 0.6) is 5.75 Å². The topological polar surface area (TPSA) is 67.4 Å². The van der Waals surface area contributed by atoms with Crippen LogP contribution in [-0.4, -0.2) is 31.5 Å². The SMILES string of the molecule is CCOc1ccc(CC(=O)NCCNC(=O)C(c2ccccc2)c2ccccc2)cc1. The zero-order chi connectivity index (χ0) is 21.9. The number of hydrogen-bond donors (Lipinski definition) is 2. The van der Waals surface area contributed by atoms with Gasteiger partial charge in [0, 0.05) is 13.1 Å². The molecule has 3 aromatic carbocycles. The lowest BCUT2D eigenvalue weighted by Crippen LogP contribution is -2.37. The van der Waals surface area contributed by atoms with Gasteiger partial charge in [-0.25, -0.2) is 0 Å². The van der Waals surface area contributed by atoms with Gasteiger partial charge in [-0.05, 0) is 35.7 Å². The van der Waals surface area contributed by atoms with Crippen LogP contribution >= 0.6 is 0 Å². The molecule has 0 fully saturated rings. The van der Waals surface area contributed by atoms with Crippen LogP contribution in [0.15, 0.2) is 84.9 Å². The van der Waals surface area contributed by atoms with Crippen LogP contribution in [0.25, 0.3) is 0 Å². The first-order chi connectivity index (χ1) is 15.2. The summed E-state index contributed by atoms with van der Waals surface area (Å²) in [6.45, 7) is 3.28. The van der Waals surface area contributed by atoms with Crippen LogP contribution in [0.3, 0.4) is 0 Å². The van der Waals surface area contributed by atoms with E-state index in [1.807, 2.05) is 91.9 Å². The minimum atomic E-state index is -0.387. The van der Waals surface area contributed by atoms with E-state index in [1.165, 1.54) is 0 Å². The predicted molar refractivity (Wildman–Crippen MR) is 122 cm³/mol. The molecular formula is C26H28N2O3. The lowest BCUT2D eigenvalue weighted by atomic mass is 9.90. The third-order valence-corrected chi connectivity index (χ3v) is 4.87. The molecule has 0 saturated heterocycles. The molecule has 2 amide bonds. The van der Waals surface area contributed by atoms with Crippen molar-refractivity contribution in [1.29, 1.82) is 0 Å². The van der Waals surface area contributed by atoms with Gasteiger partial charge in [0.2, 0.25) is 11.8 Å². The van der Waals surface area contributed by atoms with Gasteiger partial charge in [-0.1, -0.05) is 72.8 Å². The van der Waals surface area contributed by atoms with Crippen molar-refractivity contribution >= 4 is 11.8 Å². The first kappa shape index (κ1) is 22.1. The fourth-order valence-corrected chi connectivity index (χ4v) is 3.39. The maximum Gasteiger partial charge on any atom is 0.232 e. The van der Waals surface area contributed by atoms with E-state index in [0.717, 1.165) is 22.4 Å².